The SMILES string of the molecule is COc1ccc(NC(=O)c2cccn(Cc3cccc(C)c3)c2=O)cc1NC(=O)c1cccc(F)c1. The Bertz CT molecular complexity index is 1500. The summed E-state index contributed by atoms with van der Waals surface area (Å²) in [5.74, 6) is -1.32. The van der Waals surface area contributed by atoms with Gasteiger partial charge in [-0.05, 0) is 61.0 Å². The van der Waals surface area contributed by atoms with Crippen molar-refractivity contribution in [3.05, 3.63) is 123 Å². The maximum atomic E-state index is 13.5. The number of anilines is 2. The second-order valence-corrected chi connectivity index (χ2v) is 8.18. The molecule has 7 nitrogen and oxygen atoms in total. The largest absolute Gasteiger partial charge is 0.495 e. The lowest BCUT2D eigenvalue weighted by Crippen LogP contribution is -2.29. The number of nitrogens with zero attached hydrogens (tertiary/aromatic N) is 1. The lowest BCUT2D eigenvalue weighted by atomic mass is 10.1. The highest BCUT2D eigenvalue weighted by atomic mass is 19.1. The lowest BCUT2D eigenvalue weighted by Gasteiger charge is -2.13. The number of pyridine rings is 1. The van der Waals surface area contributed by atoms with E-state index in [4.69, 9.17) is 4.74 Å². The average molecular weight is 486 g/mol. The first-order chi connectivity index (χ1) is 17.3. The smallest absolute Gasteiger partial charge is 0.263 e. The molecular weight excluding hydrogens is 461 g/mol. The van der Waals surface area contributed by atoms with Crippen LogP contribution in [0.1, 0.15) is 31.8 Å². The van der Waals surface area contributed by atoms with Gasteiger partial charge in [0, 0.05) is 17.4 Å². The van der Waals surface area contributed by atoms with E-state index in [1.165, 1.54) is 42.0 Å². The quantitative estimate of drug-likeness (QED) is 0.391. The zero-order valence-corrected chi connectivity index (χ0v) is 19.7. The van der Waals surface area contributed by atoms with Gasteiger partial charge in [0.25, 0.3) is 17.4 Å². The number of amides is 2. The molecule has 0 spiro atoms. The molecule has 8 heteroatoms. The summed E-state index contributed by atoms with van der Waals surface area (Å²) >= 11 is 0. The Balaban J connectivity index is 1.54. The minimum Gasteiger partial charge on any atom is -0.495 e. The summed E-state index contributed by atoms with van der Waals surface area (Å²) in [6.07, 6.45) is 1.63. The van der Waals surface area contributed by atoms with Crippen molar-refractivity contribution >= 4 is 23.2 Å². The molecule has 0 atom stereocenters. The van der Waals surface area contributed by atoms with E-state index in [2.05, 4.69) is 10.6 Å². The summed E-state index contributed by atoms with van der Waals surface area (Å²) in [6, 6.07) is 20.8. The Kier molecular flexibility index (Phi) is 7.25. The molecule has 2 N–H and O–H groups in total. The Morgan fingerprint density at radius 1 is 0.917 bits per heavy atom. The van der Waals surface area contributed by atoms with Crippen LogP contribution in [0.2, 0.25) is 0 Å². The van der Waals surface area contributed by atoms with Crippen molar-refractivity contribution in [1.29, 1.82) is 0 Å². The maximum absolute atomic E-state index is 13.5. The summed E-state index contributed by atoms with van der Waals surface area (Å²) in [5, 5.41) is 5.36. The minimum absolute atomic E-state index is 0.0219. The number of benzene rings is 3. The predicted octanol–water partition coefficient (Wildman–Crippen LogP) is 4.86. The molecule has 0 aliphatic heterocycles. The molecule has 1 heterocycles. The van der Waals surface area contributed by atoms with Gasteiger partial charge in [-0.15, -0.1) is 0 Å². The number of hydrogen-bond acceptors (Lipinski definition) is 4. The van der Waals surface area contributed by atoms with Crippen LogP contribution in [0.15, 0.2) is 89.9 Å². The van der Waals surface area contributed by atoms with Crippen LogP contribution in [0.4, 0.5) is 15.8 Å². The second kappa shape index (κ2) is 10.7. The van der Waals surface area contributed by atoms with Crippen LogP contribution in [0, 0.1) is 12.7 Å². The predicted molar refractivity (Wildman–Crippen MR) is 136 cm³/mol. The Hall–Kier alpha value is -4.72. The Morgan fingerprint density at radius 2 is 1.72 bits per heavy atom. The molecule has 2 amide bonds. The minimum atomic E-state index is -0.592. The van der Waals surface area contributed by atoms with Crippen LogP contribution in [-0.2, 0) is 6.54 Å². The number of rotatable bonds is 7. The van der Waals surface area contributed by atoms with Crippen molar-refractivity contribution in [2.45, 2.75) is 13.5 Å². The number of ether oxygens (including phenoxy) is 1. The van der Waals surface area contributed by atoms with Gasteiger partial charge in [0.15, 0.2) is 0 Å². The number of hydrogen-bond donors (Lipinski definition) is 2. The monoisotopic (exact) mass is 485 g/mol. The molecular formula is C28H24FN3O4. The first kappa shape index (κ1) is 24.4. The third-order valence-corrected chi connectivity index (χ3v) is 5.49. The molecule has 1 aromatic heterocycles. The molecule has 4 rings (SSSR count). The van der Waals surface area contributed by atoms with E-state index < -0.39 is 23.2 Å². The number of aromatic nitrogens is 1. The highest BCUT2D eigenvalue weighted by Gasteiger charge is 2.15. The van der Waals surface area contributed by atoms with Crippen LogP contribution in [0.3, 0.4) is 0 Å². The molecule has 0 unspecified atom stereocenters. The van der Waals surface area contributed by atoms with E-state index in [-0.39, 0.29) is 16.8 Å². The topological polar surface area (TPSA) is 89.4 Å². The van der Waals surface area contributed by atoms with E-state index in [1.807, 2.05) is 31.2 Å². The van der Waals surface area contributed by atoms with E-state index in [1.54, 1.807) is 24.4 Å². The van der Waals surface area contributed by atoms with Gasteiger partial charge in [-0.2, -0.15) is 0 Å². The zero-order valence-electron chi connectivity index (χ0n) is 19.7. The first-order valence-electron chi connectivity index (χ1n) is 11.2. The molecule has 0 bridgehead atoms. The molecule has 0 aliphatic rings. The summed E-state index contributed by atoms with van der Waals surface area (Å²) in [5.41, 5.74) is 2.32. The Labute approximate surface area is 207 Å². The zero-order chi connectivity index (χ0) is 25.7. The molecule has 0 saturated carbocycles. The fourth-order valence-electron chi connectivity index (χ4n) is 3.75. The number of carbonyl (C=O) groups is 2. The summed E-state index contributed by atoms with van der Waals surface area (Å²) in [4.78, 5) is 38.5. The van der Waals surface area contributed by atoms with Gasteiger partial charge in [0.1, 0.15) is 17.1 Å². The Morgan fingerprint density at radius 3 is 2.47 bits per heavy atom. The highest BCUT2D eigenvalue weighted by Crippen LogP contribution is 2.28. The highest BCUT2D eigenvalue weighted by molar-refractivity contribution is 6.07. The van der Waals surface area contributed by atoms with Crippen molar-refractivity contribution in [2.24, 2.45) is 0 Å². The molecule has 0 saturated heterocycles. The van der Waals surface area contributed by atoms with Crippen LogP contribution in [-0.4, -0.2) is 23.5 Å². The van der Waals surface area contributed by atoms with Gasteiger partial charge in [-0.1, -0.05) is 35.9 Å². The van der Waals surface area contributed by atoms with Gasteiger partial charge in [0.2, 0.25) is 0 Å². The fraction of sp³-hybridized carbons (Fsp3) is 0.107. The van der Waals surface area contributed by atoms with E-state index in [9.17, 15) is 18.8 Å². The normalized spacial score (nSPS) is 10.5. The van der Waals surface area contributed by atoms with Gasteiger partial charge in [0.05, 0.1) is 19.3 Å². The first-order valence-corrected chi connectivity index (χ1v) is 11.2. The molecule has 0 aliphatic carbocycles. The molecule has 4 aromatic rings. The van der Waals surface area contributed by atoms with Crippen molar-refractivity contribution in [3.63, 3.8) is 0 Å². The average Bonchev–Trinajstić information content (AvgIpc) is 2.85. The number of aryl methyl sites for hydroxylation is 1. The summed E-state index contributed by atoms with van der Waals surface area (Å²) < 4.78 is 20.3. The molecule has 3 aromatic carbocycles. The summed E-state index contributed by atoms with van der Waals surface area (Å²) in [6.45, 7) is 2.31. The van der Waals surface area contributed by atoms with Gasteiger partial charge >= 0.3 is 0 Å². The fourth-order valence-corrected chi connectivity index (χ4v) is 3.75. The van der Waals surface area contributed by atoms with E-state index >= 15 is 0 Å². The third-order valence-electron chi connectivity index (χ3n) is 5.49. The third kappa shape index (κ3) is 5.67. The molecule has 182 valence electrons. The van der Waals surface area contributed by atoms with Crippen LogP contribution >= 0.6 is 0 Å². The van der Waals surface area contributed by atoms with Gasteiger partial charge in [-0.3, -0.25) is 14.4 Å². The van der Waals surface area contributed by atoms with Crippen molar-refractivity contribution in [1.82, 2.24) is 4.57 Å². The standard InChI is InChI=1S/C28H24FN3O4/c1-18-6-3-7-19(14-18)17-32-13-5-10-23(28(32)35)27(34)30-22-11-12-25(36-2)24(16-22)31-26(33)20-8-4-9-21(29)15-20/h3-16H,17H2,1-2H3,(H,30,34)(H,31,33). The second-order valence-electron chi connectivity index (χ2n) is 8.18. The van der Waals surface area contributed by atoms with Gasteiger partial charge < -0.3 is 19.9 Å². The number of carbonyl (C=O) groups excluding carboxylic acids is 2. The molecule has 0 fully saturated rings. The number of nitrogens with one attached hydrogen (secondary N) is 2. The van der Waals surface area contributed by atoms with E-state index in [0.29, 0.717) is 18.0 Å². The van der Waals surface area contributed by atoms with Crippen molar-refractivity contribution in [2.75, 3.05) is 17.7 Å². The van der Waals surface area contributed by atoms with Crippen molar-refractivity contribution < 1.29 is 18.7 Å². The molecule has 36 heavy (non-hydrogen) atoms. The van der Waals surface area contributed by atoms with Gasteiger partial charge in [-0.25, -0.2) is 4.39 Å². The van der Waals surface area contributed by atoms with Crippen molar-refractivity contribution in [3.8, 4) is 5.75 Å². The number of methoxy groups -OCH3 is 1. The van der Waals surface area contributed by atoms with Crippen LogP contribution in [0.5, 0.6) is 5.75 Å². The van der Waals surface area contributed by atoms with E-state index in [0.717, 1.165) is 17.2 Å². The summed E-state index contributed by atoms with van der Waals surface area (Å²) in [7, 11) is 1.44. The lowest BCUT2D eigenvalue weighted by molar-refractivity contribution is 0.101. The van der Waals surface area contributed by atoms with Crippen LogP contribution < -0.4 is 20.9 Å². The van der Waals surface area contributed by atoms with Crippen LogP contribution in [0.25, 0.3) is 0 Å². The molecule has 0 radical (unpaired) electrons. The maximum Gasteiger partial charge on any atom is 0.263 e. The number of halogens is 1.